The van der Waals surface area contributed by atoms with Gasteiger partial charge in [-0.1, -0.05) is 13.8 Å². The Bertz CT molecular complexity index is 531. The van der Waals surface area contributed by atoms with E-state index in [1.54, 1.807) is 6.33 Å². The molecule has 1 aromatic rings. The average Bonchev–Trinajstić information content (AvgIpc) is 2.53. The summed E-state index contributed by atoms with van der Waals surface area (Å²) < 4.78 is 5.38. The predicted molar refractivity (Wildman–Crippen MR) is 90.8 cm³/mol. The van der Waals surface area contributed by atoms with Crippen LogP contribution < -0.4 is 10.2 Å². The Morgan fingerprint density at radius 1 is 1.26 bits per heavy atom. The highest BCUT2D eigenvalue weighted by molar-refractivity contribution is 5.48. The molecule has 0 spiro atoms. The van der Waals surface area contributed by atoms with Crippen LogP contribution in [0.5, 0.6) is 0 Å². The summed E-state index contributed by atoms with van der Waals surface area (Å²) in [6, 6.07) is 1.96. The molecule has 0 bridgehead atoms. The molecule has 128 valence electrons. The van der Waals surface area contributed by atoms with Crippen LogP contribution in [0.2, 0.25) is 0 Å². The monoisotopic (exact) mass is 320 g/mol. The Labute approximate surface area is 138 Å². The second kappa shape index (κ2) is 6.61. The second-order valence-corrected chi connectivity index (χ2v) is 7.63. The number of aromatic nitrogens is 2. The lowest BCUT2D eigenvalue weighted by atomic mass is 9.70. The summed E-state index contributed by atoms with van der Waals surface area (Å²) in [7, 11) is 0. The summed E-state index contributed by atoms with van der Waals surface area (Å²) in [5, 5.41) is 14.2. The summed E-state index contributed by atoms with van der Waals surface area (Å²) in [4.78, 5) is 10.9. The van der Waals surface area contributed by atoms with Gasteiger partial charge in [0.25, 0.3) is 0 Å². The highest BCUT2D eigenvalue weighted by atomic mass is 16.5. The van der Waals surface area contributed by atoms with E-state index in [-0.39, 0.29) is 5.41 Å². The van der Waals surface area contributed by atoms with E-state index in [1.165, 1.54) is 6.42 Å². The number of aliphatic hydroxyl groups is 1. The highest BCUT2D eigenvalue weighted by Gasteiger charge is 2.38. The number of anilines is 2. The molecule has 2 fully saturated rings. The average molecular weight is 320 g/mol. The van der Waals surface area contributed by atoms with E-state index in [9.17, 15) is 5.11 Å². The third-order valence-electron chi connectivity index (χ3n) is 4.89. The van der Waals surface area contributed by atoms with Gasteiger partial charge in [-0.3, -0.25) is 0 Å². The van der Waals surface area contributed by atoms with Crippen LogP contribution in [0.1, 0.15) is 39.5 Å². The van der Waals surface area contributed by atoms with Gasteiger partial charge in [-0.15, -0.1) is 0 Å². The van der Waals surface area contributed by atoms with Crippen LogP contribution in [0.4, 0.5) is 11.6 Å². The zero-order valence-electron chi connectivity index (χ0n) is 14.2. The zero-order chi connectivity index (χ0) is 16.3. The minimum absolute atomic E-state index is 0.208. The smallest absolute Gasteiger partial charge is 0.134 e. The van der Waals surface area contributed by atoms with Gasteiger partial charge in [-0.2, -0.15) is 0 Å². The molecule has 0 radical (unpaired) electrons. The fourth-order valence-corrected chi connectivity index (χ4v) is 3.78. The number of morpholine rings is 1. The zero-order valence-corrected chi connectivity index (χ0v) is 14.2. The Balaban J connectivity index is 1.61. The molecule has 1 aliphatic heterocycles. The molecule has 1 saturated heterocycles. The fourth-order valence-electron chi connectivity index (χ4n) is 3.78. The molecule has 3 rings (SSSR count). The molecular weight excluding hydrogens is 292 g/mol. The van der Waals surface area contributed by atoms with Gasteiger partial charge in [0.2, 0.25) is 0 Å². The van der Waals surface area contributed by atoms with Gasteiger partial charge in [0.1, 0.15) is 18.0 Å². The van der Waals surface area contributed by atoms with E-state index >= 15 is 0 Å². The van der Waals surface area contributed by atoms with Crippen LogP contribution in [-0.2, 0) is 4.74 Å². The minimum atomic E-state index is -0.647. The van der Waals surface area contributed by atoms with Crippen molar-refractivity contribution in [1.82, 2.24) is 9.97 Å². The highest BCUT2D eigenvalue weighted by Crippen LogP contribution is 2.40. The fraction of sp³-hybridized carbons (Fsp3) is 0.765. The maximum Gasteiger partial charge on any atom is 0.134 e. The third-order valence-corrected chi connectivity index (χ3v) is 4.89. The molecule has 6 nitrogen and oxygen atoms in total. The molecule has 23 heavy (non-hydrogen) atoms. The Morgan fingerprint density at radius 2 is 2.04 bits per heavy atom. The van der Waals surface area contributed by atoms with Crippen molar-refractivity contribution in [2.45, 2.75) is 45.1 Å². The first-order valence-corrected chi connectivity index (χ1v) is 8.57. The number of hydrogen-bond donors (Lipinski definition) is 2. The van der Waals surface area contributed by atoms with Crippen molar-refractivity contribution in [3.8, 4) is 0 Å². The first-order chi connectivity index (χ1) is 11.0. The lowest BCUT2D eigenvalue weighted by molar-refractivity contribution is -0.0278. The number of hydrogen-bond acceptors (Lipinski definition) is 6. The van der Waals surface area contributed by atoms with Crippen LogP contribution >= 0.6 is 0 Å². The summed E-state index contributed by atoms with van der Waals surface area (Å²) >= 11 is 0. The van der Waals surface area contributed by atoms with Crippen molar-refractivity contribution < 1.29 is 9.84 Å². The number of nitrogens with zero attached hydrogens (tertiary/aromatic N) is 3. The first kappa shape index (κ1) is 16.5. The number of nitrogens with one attached hydrogen (secondary N) is 1. The van der Waals surface area contributed by atoms with E-state index in [4.69, 9.17) is 4.74 Å². The molecule has 0 amide bonds. The van der Waals surface area contributed by atoms with Crippen LogP contribution in [-0.4, -0.2) is 53.5 Å². The van der Waals surface area contributed by atoms with Gasteiger partial charge in [0, 0.05) is 25.7 Å². The van der Waals surface area contributed by atoms with Gasteiger partial charge in [0.05, 0.1) is 18.8 Å². The van der Waals surface area contributed by atoms with Crippen LogP contribution in [0.15, 0.2) is 12.4 Å². The topological polar surface area (TPSA) is 70.5 Å². The largest absolute Gasteiger partial charge is 0.388 e. The van der Waals surface area contributed by atoms with Crippen molar-refractivity contribution >= 4 is 11.6 Å². The van der Waals surface area contributed by atoms with Crippen LogP contribution in [0.25, 0.3) is 0 Å². The lowest BCUT2D eigenvalue weighted by Crippen LogP contribution is -2.44. The van der Waals surface area contributed by atoms with E-state index in [0.29, 0.717) is 6.54 Å². The summed E-state index contributed by atoms with van der Waals surface area (Å²) in [5.41, 5.74) is -0.439. The molecule has 2 aliphatic rings. The molecule has 6 heteroatoms. The van der Waals surface area contributed by atoms with Crippen molar-refractivity contribution in [3.05, 3.63) is 12.4 Å². The first-order valence-electron chi connectivity index (χ1n) is 8.57. The van der Waals surface area contributed by atoms with Crippen molar-refractivity contribution in [1.29, 1.82) is 0 Å². The van der Waals surface area contributed by atoms with E-state index in [0.717, 1.165) is 57.2 Å². The maximum absolute atomic E-state index is 10.9. The molecular formula is C17H28N4O2. The van der Waals surface area contributed by atoms with Gasteiger partial charge in [-0.25, -0.2) is 9.97 Å². The molecule has 2 heterocycles. The molecule has 1 atom stereocenters. The van der Waals surface area contributed by atoms with E-state index in [1.807, 2.05) is 6.07 Å². The number of rotatable bonds is 4. The number of ether oxygens (including phenoxy) is 1. The lowest BCUT2D eigenvalue weighted by Gasteiger charge is -2.41. The van der Waals surface area contributed by atoms with Crippen molar-refractivity contribution in [3.63, 3.8) is 0 Å². The Morgan fingerprint density at radius 3 is 2.78 bits per heavy atom. The molecule has 2 N–H and O–H groups in total. The Kier molecular flexibility index (Phi) is 4.73. The Hall–Kier alpha value is -1.40. The third kappa shape index (κ3) is 4.32. The van der Waals surface area contributed by atoms with E-state index < -0.39 is 5.60 Å². The molecule has 1 aromatic heterocycles. The van der Waals surface area contributed by atoms with Crippen molar-refractivity contribution in [2.75, 3.05) is 43.1 Å². The molecule has 1 aliphatic carbocycles. The standard InChI is InChI=1S/C17H28N4O2/c1-16(2)4-3-5-17(22,11-16)12-18-14-10-15(20-13-19-14)21-6-8-23-9-7-21/h10,13,22H,3-9,11-12H2,1-2H3,(H,18,19,20). The van der Waals surface area contributed by atoms with Crippen LogP contribution in [0.3, 0.4) is 0 Å². The predicted octanol–water partition coefficient (Wildman–Crippen LogP) is 2.06. The molecule has 1 saturated carbocycles. The van der Waals surface area contributed by atoms with Crippen molar-refractivity contribution in [2.24, 2.45) is 5.41 Å². The van der Waals surface area contributed by atoms with E-state index in [2.05, 4.69) is 34.0 Å². The quantitative estimate of drug-likeness (QED) is 0.885. The maximum atomic E-state index is 10.9. The van der Waals surface area contributed by atoms with Gasteiger partial charge in [-0.05, 0) is 31.1 Å². The summed E-state index contributed by atoms with van der Waals surface area (Å²) in [5.74, 6) is 1.69. The van der Waals surface area contributed by atoms with Crippen LogP contribution in [0, 0.1) is 5.41 Å². The SMILES string of the molecule is CC1(C)CCCC(O)(CNc2cc(N3CCOCC3)ncn2)C1. The normalized spacial score (nSPS) is 27.7. The molecule has 1 unspecified atom stereocenters. The van der Waals surface area contributed by atoms with Gasteiger partial charge < -0.3 is 20.1 Å². The summed E-state index contributed by atoms with van der Waals surface area (Å²) in [6.07, 6.45) is 5.53. The molecule has 0 aromatic carbocycles. The summed E-state index contributed by atoms with van der Waals surface area (Å²) in [6.45, 7) is 8.19. The second-order valence-electron chi connectivity index (χ2n) is 7.63. The van der Waals surface area contributed by atoms with Gasteiger partial charge in [0.15, 0.2) is 0 Å². The minimum Gasteiger partial charge on any atom is -0.388 e. The van der Waals surface area contributed by atoms with Gasteiger partial charge >= 0.3 is 0 Å².